The van der Waals surface area contributed by atoms with Crippen LogP contribution in [0.2, 0.25) is 0 Å². The first-order valence-electron chi connectivity index (χ1n) is 13.2. The number of hydrogen-bond donors (Lipinski definition) is 1. The van der Waals surface area contributed by atoms with Gasteiger partial charge in [-0.25, -0.2) is 0 Å². The predicted molar refractivity (Wildman–Crippen MR) is 165 cm³/mol. The lowest BCUT2D eigenvalue weighted by atomic mass is 10.1. The van der Waals surface area contributed by atoms with Crippen molar-refractivity contribution in [1.29, 1.82) is 0 Å². The van der Waals surface area contributed by atoms with Gasteiger partial charge in [0.05, 0.1) is 0 Å². The molecule has 5 nitrogen and oxygen atoms in total. The minimum Gasteiger partial charge on any atom is -0.456 e. The van der Waals surface area contributed by atoms with Gasteiger partial charge >= 0.3 is 0 Å². The summed E-state index contributed by atoms with van der Waals surface area (Å²) in [5.41, 5.74) is 6.98. The molecule has 0 fully saturated rings. The molecule has 1 aliphatic rings. The highest BCUT2D eigenvalue weighted by molar-refractivity contribution is 7.25. The minimum absolute atomic E-state index is 0.746. The smallest absolute Gasteiger partial charge is 0.138 e. The third-order valence-electron chi connectivity index (χ3n) is 7.83. The molecule has 4 aromatic heterocycles. The highest BCUT2D eigenvalue weighted by Gasteiger charge is 2.20. The van der Waals surface area contributed by atoms with E-state index in [0.29, 0.717) is 0 Å². The summed E-state index contributed by atoms with van der Waals surface area (Å²) in [4.78, 5) is 6.68. The molecule has 9 rings (SSSR count). The monoisotopic (exact) mass is 535 g/mol. The maximum absolute atomic E-state index is 6.16. The number of anilines is 3. The largest absolute Gasteiger partial charge is 0.456 e. The summed E-state index contributed by atoms with van der Waals surface area (Å²) < 4.78 is 14.8. The molecule has 1 N–H and O–H groups in total. The lowest BCUT2D eigenvalue weighted by molar-refractivity contribution is 0.592. The number of fused-ring (bicyclic) bond motifs is 9. The number of nitrogens with one attached hydrogen (secondary N) is 1. The van der Waals surface area contributed by atoms with Gasteiger partial charge in [-0.15, -0.1) is 11.3 Å². The van der Waals surface area contributed by atoms with Crippen molar-refractivity contribution >= 4 is 87.6 Å². The normalized spacial score (nSPS) is 13.0. The van der Waals surface area contributed by atoms with Gasteiger partial charge in [0.2, 0.25) is 0 Å². The van der Waals surface area contributed by atoms with Crippen LogP contribution in [0.5, 0.6) is 0 Å². The molecule has 0 amide bonds. The van der Waals surface area contributed by atoms with Crippen LogP contribution in [0.15, 0.2) is 112 Å². The molecule has 0 atom stereocenters. The molecule has 6 heteroatoms. The van der Waals surface area contributed by atoms with Crippen molar-refractivity contribution < 1.29 is 8.83 Å². The molecule has 5 heterocycles. The van der Waals surface area contributed by atoms with E-state index in [1.54, 1.807) is 6.20 Å². The maximum atomic E-state index is 6.16. The summed E-state index contributed by atoms with van der Waals surface area (Å²) in [6.07, 6.45) is 7.58. The fourth-order valence-corrected chi connectivity index (χ4v) is 7.10. The number of thiophene rings is 1. The summed E-state index contributed by atoms with van der Waals surface area (Å²) in [7, 11) is 0. The van der Waals surface area contributed by atoms with Crippen molar-refractivity contribution in [1.82, 2.24) is 10.3 Å². The fraction of sp³-hybridized carbons (Fsp3) is 0.0294. The number of nitrogens with zero attached hydrogens (tertiary/aromatic N) is 2. The Hall–Kier alpha value is -5.07. The third kappa shape index (κ3) is 3.17. The summed E-state index contributed by atoms with van der Waals surface area (Å²) in [6.45, 7) is 0.746. The van der Waals surface area contributed by atoms with Crippen LogP contribution in [0, 0.1) is 0 Å². The van der Waals surface area contributed by atoms with Crippen LogP contribution in [0.3, 0.4) is 0 Å². The minimum atomic E-state index is 0.746. The van der Waals surface area contributed by atoms with E-state index in [0.717, 1.165) is 62.3 Å². The number of furan rings is 2. The zero-order chi connectivity index (χ0) is 26.2. The molecule has 0 spiro atoms. The van der Waals surface area contributed by atoms with Gasteiger partial charge < -0.3 is 19.1 Å². The highest BCUT2D eigenvalue weighted by Crippen LogP contribution is 2.43. The Morgan fingerprint density at radius 3 is 2.35 bits per heavy atom. The molecule has 0 radical (unpaired) electrons. The molecule has 0 saturated carbocycles. The van der Waals surface area contributed by atoms with Gasteiger partial charge in [-0.2, -0.15) is 0 Å². The molecule has 8 aromatic rings. The van der Waals surface area contributed by atoms with Crippen molar-refractivity contribution in [2.45, 2.75) is 6.54 Å². The first-order valence-corrected chi connectivity index (χ1v) is 14.0. The van der Waals surface area contributed by atoms with E-state index in [1.165, 1.54) is 25.7 Å². The standard InChI is InChI=1S/C34H21N3O2S/c1-2-4-33-23(3-1)24-8-5-22(17-34(24)40-33)37(20-6-9-29-25(15-20)27-18-35-13-11-31(27)38-29)21-7-10-30-26(16-21)28-19-36-14-12-32(28)39-30/h1-18,36H,19H2. The lowest BCUT2D eigenvalue weighted by Gasteiger charge is -2.26. The van der Waals surface area contributed by atoms with Crippen molar-refractivity contribution in [2.75, 3.05) is 4.90 Å². The Kier molecular flexibility index (Phi) is 4.48. The van der Waals surface area contributed by atoms with Gasteiger partial charge in [0.25, 0.3) is 0 Å². The van der Waals surface area contributed by atoms with Crippen LogP contribution in [0.4, 0.5) is 17.1 Å². The average Bonchev–Trinajstić information content (AvgIpc) is 3.68. The molecular formula is C34H21N3O2S. The fourth-order valence-electron chi connectivity index (χ4n) is 5.96. The zero-order valence-electron chi connectivity index (χ0n) is 21.2. The number of benzene rings is 4. The first kappa shape index (κ1) is 21.8. The summed E-state index contributed by atoms with van der Waals surface area (Å²) in [5, 5.41) is 9.09. The number of rotatable bonds is 3. The quantitative estimate of drug-likeness (QED) is 0.244. The molecule has 0 aliphatic carbocycles. The first-order chi connectivity index (χ1) is 19.8. The average molecular weight is 536 g/mol. The Morgan fingerprint density at radius 1 is 0.675 bits per heavy atom. The van der Waals surface area contributed by atoms with Crippen LogP contribution >= 0.6 is 11.3 Å². The van der Waals surface area contributed by atoms with Crippen LogP contribution in [-0.2, 0) is 6.54 Å². The van der Waals surface area contributed by atoms with E-state index in [1.807, 2.05) is 35.9 Å². The molecule has 0 unspecified atom stereocenters. The second-order valence-corrected chi connectivity index (χ2v) is 11.2. The summed E-state index contributed by atoms with van der Waals surface area (Å²) >= 11 is 1.83. The Morgan fingerprint density at radius 2 is 1.43 bits per heavy atom. The highest BCUT2D eigenvalue weighted by atomic mass is 32.1. The molecule has 1 aliphatic heterocycles. The van der Waals surface area contributed by atoms with Gasteiger partial charge in [-0.3, -0.25) is 4.98 Å². The van der Waals surface area contributed by atoms with Gasteiger partial charge in [0.15, 0.2) is 0 Å². The molecule has 4 aromatic carbocycles. The molecular weight excluding hydrogens is 514 g/mol. The van der Waals surface area contributed by atoms with E-state index < -0.39 is 0 Å². The van der Waals surface area contributed by atoms with Crippen LogP contribution in [0.25, 0.3) is 59.2 Å². The number of aromatic nitrogens is 1. The molecule has 40 heavy (non-hydrogen) atoms. The van der Waals surface area contributed by atoms with Crippen molar-refractivity contribution in [3.63, 3.8) is 0 Å². The van der Waals surface area contributed by atoms with E-state index in [4.69, 9.17) is 8.83 Å². The van der Waals surface area contributed by atoms with E-state index in [9.17, 15) is 0 Å². The Labute approximate surface area is 232 Å². The maximum Gasteiger partial charge on any atom is 0.138 e. The van der Waals surface area contributed by atoms with E-state index in [2.05, 4.69) is 94.1 Å². The van der Waals surface area contributed by atoms with Gasteiger partial charge in [0, 0.05) is 84.1 Å². The summed E-state index contributed by atoms with van der Waals surface area (Å²) in [5.74, 6) is 0.919. The topological polar surface area (TPSA) is 54.4 Å². The summed E-state index contributed by atoms with van der Waals surface area (Å²) in [6, 6.07) is 30.2. The van der Waals surface area contributed by atoms with Crippen LogP contribution < -0.4 is 10.2 Å². The van der Waals surface area contributed by atoms with E-state index >= 15 is 0 Å². The second kappa shape index (κ2) is 8.21. The Balaban J connectivity index is 1.29. The predicted octanol–water partition coefficient (Wildman–Crippen LogP) is 9.64. The van der Waals surface area contributed by atoms with Gasteiger partial charge in [-0.1, -0.05) is 24.3 Å². The van der Waals surface area contributed by atoms with Crippen LogP contribution in [-0.4, -0.2) is 4.98 Å². The second-order valence-electron chi connectivity index (χ2n) is 10.1. The SMILES string of the molecule is C1=Cc2oc3ccc(N(c4ccc5c(c4)sc4ccccc45)c4ccc5oc6ccncc6c5c4)cc3c2CN1. The Bertz CT molecular complexity index is 2310. The van der Waals surface area contributed by atoms with Crippen molar-refractivity contribution in [2.24, 2.45) is 0 Å². The van der Waals surface area contributed by atoms with Crippen molar-refractivity contribution in [3.05, 3.63) is 115 Å². The van der Waals surface area contributed by atoms with Gasteiger partial charge in [0.1, 0.15) is 22.5 Å². The van der Waals surface area contributed by atoms with Gasteiger partial charge in [-0.05, 0) is 66.7 Å². The number of hydrogen-bond acceptors (Lipinski definition) is 6. The molecule has 0 saturated heterocycles. The molecule has 190 valence electrons. The zero-order valence-corrected chi connectivity index (χ0v) is 22.0. The molecule has 0 bridgehead atoms. The lowest BCUT2D eigenvalue weighted by Crippen LogP contribution is -2.10. The van der Waals surface area contributed by atoms with Crippen LogP contribution in [0.1, 0.15) is 11.3 Å². The number of pyridine rings is 1. The van der Waals surface area contributed by atoms with Crippen molar-refractivity contribution in [3.8, 4) is 0 Å². The third-order valence-corrected chi connectivity index (χ3v) is 8.96. The van der Waals surface area contributed by atoms with E-state index in [-0.39, 0.29) is 0 Å².